The van der Waals surface area contributed by atoms with E-state index in [0.717, 1.165) is 17.0 Å². The van der Waals surface area contributed by atoms with Crippen LogP contribution in [0.5, 0.6) is 0 Å². The van der Waals surface area contributed by atoms with Crippen molar-refractivity contribution in [1.29, 1.82) is 0 Å². The van der Waals surface area contributed by atoms with Gasteiger partial charge in [-0.05, 0) is 18.6 Å². The lowest BCUT2D eigenvalue weighted by Gasteiger charge is -2.06. The number of carbonyl (C=O) groups is 1. The molecule has 7 heteroatoms. The number of carboxylic acid groups (broad SMARTS) is 1. The van der Waals surface area contributed by atoms with Crippen molar-refractivity contribution in [2.75, 3.05) is 0 Å². The fourth-order valence-corrected chi connectivity index (χ4v) is 2.89. The Kier molecular flexibility index (Phi) is 4.32. The topological polar surface area (TPSA) is 50.2 Å². The molecule has 1 aromatic carbocycles. The van der Waals surface area contributed by atoms with Crippen LogP contribution >= 0.6 is 11.3 Å². The Hall–Kier alpha value is -1.89. The second kappa shape index (κ2) is 5.85. The van der Waals surface area contributed by atoms with E-state index in [1.165, 1.54) is 23.5 Å². The summed E-state index contributed by atoms with van der Waals surface area (Å²) in [5, 5.41) is 9.37. The summed E-state index contributed by atoms with van der Waals surface area (Å²) in [5.41, 5.74) is 0.313. The molecule has 112 valence electrons. The third-order valence-electron chi connectivity index (χ3n) is 2.88. The first-order valence-electron chi connectivity index (χ1n) is 6.19. The first-order valence-corrected chi connectivity index (χ1v) is 7.01. The number of alkyl halides is 3. The van der Waals surface area contributed by atoms with Gasteiger partial charge in [0.2, 0.25) is 0 Å². The van der Waals surface area contributed by atoms with Crippen LogP contribution < -0.4 is 0 Å². The number of aromatic nitrogens is 1. The zero-order valence-electron chi connectivity index (χ0n) is 11.1. The molecule has 0 saturated heterocycles. The zero-order valence-corrected chi connectivity index (χ0v) is 11.9. The smallest absolute Gasteiger partial charge is 0.416 e. The van der Waals surface area contributed by atoms with Gasteiger partial charge in [0.05, 0.1) is 17.7 Å². The number of rotatable bonds is 4. The molecule has 1 N–H and O–H groups in total. The van der Waals surface area contributed by atoms with Gasteiger partial charge in [-0.2, -0.15) is 13.2 Å². The second-order valence-corrected chi connectivity index (χ2v) is 5.47. The summed E-state index contributed by atoms with van der Waals surface area (Å²) < 4.78 is 37.5. The normalized spacial score (nSPS) is 11.6. The Labute approximate surface area is 123 Å². The maximum atomic E-state index is 12.5. The van der Waals surface area contributed by atoms with Gasteiger partial charge in [0.25, 0.3) is 0 Å². The Morgan fingerprint density at radius 3 is 2.38 bits per heavy atom. The van der Waals surface area contributed by atoms with E-state index in [0.29, 0.717) is 22.7 Å². The molecule has 2 rings (SSSR count). The number of aryl methyl sites for hydroxylation is 1. The molecule has 0 bridgehead atoms. The minimum absolute atomic E-state index is 0.180. The number of halogens is 3. The molecule has 0 spiro atoms. The van der Waals surface area contributed by atoms with Gasteiger partial charge in [-0.3, -0.25) is 4.79 Å². The molecule has 0 aliphatic carbocycles. The summed E-state index contributed by atoms with van der Waals surface area (Å²) in [6.45, 7) is 1.88. The molecule has 0 fully saturated rings. The van der Waals surface area contributed by atoms with Crippen molar-refractivity contribution in [3.63, 3.8) is 0 Å². The predicted octanol–water partition coefficient (Wildman–Crippen LogP) is 4.02. The molecule has 2 aromatic rings. The molecular weight excluding hydrogens is 303 g/mol. The number of nitrogens with zero attached hydrogens (tertiary/aromatic N) is 1. The second-order valence-electron chi connectivity index (χ2n) is 4.39. The summed E-state index contributed by atoms with van der Waals surface area (Å²) in [6, 6.07) is 4.70. The van der Waals surface area contributed by atoms with Crippen LogP contribution in [-0.2, 0) is 23.8 Å². The molecule has 0 saturated carbocycles. The maximum absolute atomic E-state index is 12.5. The van der Waals surface area contributed by atoms with Gasteiger partial charge in [0, 0.05) is 10.4 Å². The van der Waals surface area contributed by atoms with Crippen molar-refractivity contribution in [2.24, 2.45) is 0 Å². The molecule has 1 aromatic heterocycles. The van der Waals surface area contributed by atoms with Crippen molar-refractivity contribution in [2.45, 2.75) is 25.9 Å². The summed E-state index contributed by atoms with van der Waals surface area (Å²) in [7, 11) is 0. The van der Waals surface area contributed by atoms with Crippen LogP contribution in [0.2, 0.25) is 0 Å². The molecule has 0 aliphatic rings. The van der Waals surface area contributed by atoms with E-state index in [1.54, 1.807) is 0 Å². The van der Waals surface area contributed by atoms with E-state index in [-0.39, 0.29) is 6.42 Å². The number of benzene rings is 1. The van der Waals surface area contributed by atoms with Crippen LogP contribution in [0.1, 0.15) is 23.1 Å². The Balaban J connectivity index is 2.34. The highest BCUT2D eigenvalue weighted by Gasteiger charge is 2.30. The van der Waals surface area contributed by atoms with E-state index in [4.69, 9.17) is 5.11 Å². The molecule has 0 amide bonds. The maximum Gasteiger partial charge on any atom is 0.416 e. The largest absolute Gasteiger partial charge is 0.481 e. The predicted molar refractivity (Wildman–Crippen MR) is 73.3 cm³/mol. The number of carboxylic acids is 1. The van der Waals surface area contributed by atoms with E-state index in [9.17, 15) is 18.0 Å². The van der Waals surface area contributed by atoms with Crippen LogP contribution in [0.3, 0.4) is 0 Å². The van der Waals surface area contributed by atoms with Crippen molar-refractivity contribution >= 4 is 17.3 Å². The summed E-state index contributed by atoms with van der Waals surface area (Å²) in [4.78, 5) is 15.9. The molecule has 3 nitrogen and oxygen atoms in total. The minimum atomic E-state index is -4.37. The molecule has 1 heterocycles. The van der Waals surface area contributed by atoms with E-state index in [1.807, 2.05) is 6.92 Å². The van der Waals surface area contributed by atoms with Crippen LogP contribution in [-0.4, -0.2) is 16.1 Å². The summed E-state index contributed by atoms with van der Waals surface area (Å²) >= 11 is 1.31. The molecule has 0 aliphatic heterocycles. The van der Waals surface area contributed by atoms with E-state index < -0.39 is 17.7 Å². The number of thiazole rings is 1. The number of aliphatic carboxylic acids is 1. The van der Waals surface area contributed by atoms with Gasteiger partial charge >= 0.3 is 12.1 Å². The minimum Gasteiger partial charge on any atom is -0.481 e. The average Bonchev–Trinajstić information content (AvgIpc) is 2.80. The molecule has 0 radical (unpaired) electrons. The van der Waals surface area contributed by atoms with E-state index >= 15 is 0 Å². The highest BCUT2D eigenvalue weighted by Crippen LogP contribution is 2.33. The van der Waals surface area contributed by atoms with Crippen LogP contribution in [0.25, 0.3) is 10.6 Å². The lowest BCUT2D eigenvalue weighted by Crippen LogP contribution is -2.04. The summed E-state index contributed by atoms with van der Waals surface area (Å²) in [6.07, 6.45) is -3.91. The fourth-order valence-electron chi connectivity index (χ4n) is 1.87. The first kappa shape index (κ1) is 15.5. The van der Waals surface area contributed by atoms with Crippen LogP contribution in [0.15, 0.2) is 24.3 Å². The molecule has 0 unspecified atom stereocenters. The number of hydrogen-bond donors (Lipinski definition) is 1. The van der Waals surface area contributed by atoms with Gasteiger partial charge < -0.3 is 5.11 Å². The van der Waals surface area contributed by atoms with Crippen molar-refractivity contribution in [3.8, 4) is 10.6 Å². The zero-order chi connectivity index (χ0) is 15.6. The standard InChI is InChI=1S/C14H12F3NO2S/c1-2-11-10(7-12(19)20)18-13(21-11)8-3-5-9(6-4-8)14(15,16)17/h3-6H,2,7H2,1H3,(H,19,20). The Bertz CT molecular complexity index is 647. The monoisotopic (exact) mass is 315 g/mol. The fraction of sp³-hybridized carbons (Fsp3) is 0.286. The third-order valence-corrected chi connectivity index (χ3v) is 4.17. The van der Waals surface area contributed by atoms with Gasteiger partial charge in [0.1, 0.15) is 5.01 Å². The summed E-state index contributed by atoms with van der Waals surface area (Å²) in [5.74, 6) is -0.978. The van der Waals surface area contributed by atoms with Gasteiger partial charge in [-0.15, -0.1) is 11.3 Å². The highest BCUT2D eigenvalue weighted by atomic mass is 32.1. The Morgan fingerprint density at radius 1 is 1.29 bits per heavy atom. The lowest BCUT2D eigenvalue weighted by molar-refractivity contribution is -0.138. The van der Waals surface area contributed by atoms with Gasteiger partial charge in [-0.25, -0.2) is 4.98 Å². The average molecular weight is 315 g/mol. The quantitative estimate of drug-likeness (QED) is 0.927. The van der Waals surface area contributed by atoms with Crippen molar-refractivity contribution in [3.05, 3.63) is 40.4 Å². The SMILES string of the molecule is CCc1sc(-c2ccc(C(F)(F)F)cc2)nc1CC(=O)O. The van der Waals surface area contributed by atoms with Crippen molar-refractivity contribution in [1.82, 2.24) is 4.98 Å². The third kappa shape index (κ3) is 3.60. The van der Waals surface area contributed by atoms with Gasteiger partial charge in [-0.1, -0.05) is 19.1 Å². The molecule has 0 atom stereocenters. The Morgan fingerprint density at radius 2 is 1.90 bits per heavy atom. The number of hydrogen-bond acceptors (Lipinski definition) is 3. The molecular formula is C14H12F3NO2S. The lowest BCUT2D eigenvalue weighted by atomic mass is 10.1. The van der Waals surface area contributed by atoms with Crippen molar-refractivity contribution < 1.29 is 23.1 Å². The van der Waals surface area contributed by atoms with Crippen LogP contribution in [0, 0.1) is 0 Å². The van der Waals surface area contributed by atoms with Gasteiger partial charge in [0.15, 0.2) is 0 Å². The van der Waals surface area contributed by atoms with E-state index in [2.05, 4.69) is 4.98 Å². The van der Waals surface area contributed by atoms with Crippen LogP contribution in [0.4, 0.5) is 13.2 Å². The molecule has 21 heavy (non-hydrogen) atoms. The first-order chi connectivity index (χ1) is 9.81. The highest BCUT2D eigenvalue weighted by molar-refractivity contribution is 7.15.